The highest BCUT2D eigenvalue weighted by molar-refractivity contribution is 5.74. The lowest BCUT2D eigenvalue weighted by Crippen LogP contribution is -2.10. The van der Waals surface area contributed by atoms with Gasteiger partial charge in [0.25, 0.3) is 0 Å². The summed E-state index contributed by atoms with van der Waals surface area (Å²) in [6.45, 7) is 2.02. The van der Waals surface area contributed by atoms with E-state index in [9.17, 15) is 4.79 Å². The summed E-state index contributed by atoms with van der Waals surface area (Å²) in [4.78, 5) is 10.4. The number of aliphatic carboxylic acids is 1. The van der Waals surface area contributed by atoms with Crippen molar-refractivity contribution >= 4 is 5.97 Å². The van der Waals surface area contributed by atoms with Crippen LogP contribution in [0.1, 0.15) is 6.92 Å². The van der Waals surface area contributed by atoms with Crippen LogP contribution in [-0.4, -0.2) is 11.1 Å². The molecule has 0 aliphatic heterocycles. The fraction of sp³-hybridized carbons (Fsp3) is 0.375. The van der Waals surface area contributed by atoms with E-state index in [2.05, 4.69) is 0 Å². The molecule has 0 aromatic heterocycles. The highest BCUT2D eigenvalue weighted by atomic mass is 16.4. The molecule has 1 N–H and O–H groups in total. The third kappa shape index (κ3) is 1.47. The maximum absolute atomic E-state index is 10.4. The Labute approximate surface area is 59.9 Å². The van der Waals surface area contributed by atoms with E-state index in [0.717, 1.165) is 0 Å². The van der Waals surface area contributed by atoms with E-state index in [1.165, 1.54) is 0 Å². The van der Waals surface area contributed by atoms with Crippen LogP contribution in [0.2, 0.25) is 0 Å². The molecule has 0 radical (unpaired) electrons. The van der Waals surface area contributed by atoms with Crippen molar-refractivity contribution in [3.05, 3.63) is 24.3 Å². The number of allylic oxidation sites excluding steroid dienone is 2. The van der Waals surface area contributed by atoms with Crippen molar-refractivity contribution in [2.24, 2.45) is 11.8 Å². The largest absolute Gasteiger partial charge is 0.481 e. The summed E-state index contributed by atoms with van der Waals surface area (Å²) in [7, 11) is 0. The molecule has 0 bridgehead atoms. The van der Waals surface area contributed by atoms with Gasteiger partial charge in [-0.3, -0.25) is 4.79 Å². The molecule has 1 rings (SSSR count). The number of hydrogen-bond acceptors (Lipinski definition) is 1. The third-order valence-electron chi connectivity index (χ3n) is 1.53. The lowest BCUT2D eigenvalue weighted by Gasteiger charge is -2.08. The number of carboxylic acid groups (broad SMARTS) is 1. The van der Waals surface area contributed by atoms with Crippen molar-refractivity contribution in [1.29, 1.82) is 0 Å². The van der Waals surface area contributed by atoms with E-state index < -0.39 is 11.9 Å². The summed E-state index contributed by atoms with van der Waals surface area (Å²) in [5.41, 5.74) is 0. The van der Waals surface area contributed by atoms with Gasteiger partial charge in [-0.2, -0.15) is 0 Å². The van der Waals surface area contributed by atoms with E-state index in [1.54, 1.807) is 12.2 Å². The maximum Gasteiger partial charge on any atom is 0.314 e. The lowest BCUT2D eigenvalue weighted by atomic mass is 9.98. The Morgan fingerprint density at radius 1 is 1.30 bits per heavy atom. The molecular weight excluding hydrogens is 128 g/mol. The molecule has 54 valence electrons. The van der Waals surface area contributed by atoms with Crippen molar-refractivity contribution in [1.82, 2.24) is 0 Å². The Hall–Kier alpha value is -1.05. The zero-order valence-corrected chi connectivity index (χ0v) is 5.82. The Kier molecular flexibility index (Phi) is 1.90. The zero-order valence-electron chi connectivity index (χ0n) is 5.82. The average molecular weight is 138 g/mol. The first kappa shape index (κ1) is 7.06. The molecular formula is C8H10O2. The normalized spacial score (nSPS) is 30.5. The van der Waals surface area contributed by atoms with Crippen molar-refractivity contribution in [2.45, 2.75) is 6.92 Å². The minimum Gasteiger partial charge on any atom is -0.481 e. The molecule has 0 saturated heterocycles. The molecule has 2 heteroatoms. The summed E-state index contributed by atoms with van der Waals surface area (Å²) in [6.07, 6.45) is 7.23. The maximum atomic E-state index is 10.4. The highest BCUT2D eigenvalue weighted by Gasteiger charge is 2.12. The van der Waals surface area contributed by atoms with Gasteiger partial charge in [-0.1, -0.05) is 31.2 Å². The molecule has 2 nitrogen and oxygen atoms in total. The van der Waals surface area contributed by atoms with Gasteiger partial charge < -0.3 is 5.11 Å². The molecule has 0 aromatic carbocycles. The lowest BCUT2D eigenvalue weighted by molar-refractivity contribution is -0.138. The van der Waals surface area contributed by atoms with E-state index in [1.807, 2.05) is 19.1 Å². The molecule has 0 unspecified atom stereocenters. The molecule has 0 atom stereocenters. The van der Waals surface area contributed by atoms with Crippen LogP contribution in [-0.2, 0) is 4.79 Å². The van der Waals surface area contributed by atoms with Gasteiger partial charge in [0.05, 0.1) is 5.92 Å². The van der Waals surface area contributed by atoms with E-state index in [-0.39, 0.29) is 0 Å². The molecule has 1 aliphatic rings. The van der Waals surface area contributed by atoms with Gasteiger partial charge in [0.2, 0.25) is 0 Å². The predicted molar refractivity (Wildman–Crippen MR) is 38.6 cm³/mol. The quantitative estimate of drug-likeness (QED) is 0.557. The summed E-state index contributed by atoms with van der Waals surface area (Å²) in [6, 6.07) is 0. The fourth-order valence-electron chi connectivity index (χ4n) is 0.883. The monoisotopic (exact) mass is 138 g/mol. The number of carbonyl (C=O) groups is 1. The van der Waals surface area contributed by atoms with Crippen LogP contribution in [0.3, 0.4) is 0 Å². The second-order valence-electron chi connectivity index (χ2n) is 2.49. The van der Waals surface area contributed by atoms with Gasteiger partial charge in [0, 0.05) is 0 Å². The number of carboxylic acids is 1. The van der Waals surface area contributed by atoms with Crippen molar-refractivity contribution in [3.8, 4) is 0 Å². The Balaban J connectivity index is 2.62. The highest BCUT2D eigenvalue weighted by Crippen LogP contribution is 2.13. The van der Waals surface area contributed by atoms with Crippen LogP contribution in [0.25, 0.3) is 0 Å². The molecule has 1 aliphatic carbocycles. The Morgan fingerprint density at radius 2 is 1.80 bits per heavy atom. The molecule has 0 saturated carbocycles. The van der Waals surface area contributed by atoms with Gasteiger partial charge >= 0.3 is 5.97 Å². The molecule has 0 heterocycles. The molecule has 0 amide bonds. The van der Waals surface area contributed by atoms with Crippen LogP contribution in [0.4, 0.5) is 0 Å². The standard InChI is InChI=1S/C8H10O2/c1-6-2-4-7(5-3-6)8(9)10/h2-7H,1H3,(H,9,10). The average Bonchev–Trinajstić information content (AvgIpc) is 1.88. The molecule has 10 heavy (non-hydrogen) atoms. The van der Waals surface area contributed by atoms with Crippen molar-refractivity contribution < 1.29 is 9.90 Å². The first-order valence-electron chi connectivity index (χ1n) is 3.29. The molecule has 0 fully saturated rings. The van der Waals surface area contributed by atoms with Gasteiger partial charge in [-0.05, 0) is 5.92 Å². The third-order valence-corrected chi connectivity index (χ3v) is 1.53. The number of rotatable bonds is 1. The van der Waals surface area contributed by atoms with Gasteiger partial charge in [0.15, 0.2) is 0 Å². The van der Waals surface area contributed by atoms with E-state index in [0.29, 0.717) is 5.92 Å². The minimum absolute atomic E-state index is 0.385. The van der Waals surface area contributed by atoms with Crippen LogP contribution >= 0.6 is 0 Å². The predicted octanol–water partition coefficient (Wildman–Crippen LogP) is 1.45. The van der Waals surface area contributed by atoms with E-state index >= 15 is 0 Å². The summed E-state index contributed by atoms with van der Waals surface area (Å²) < 4.78 is 0. The minimum atomic E-state index is -0.778. The van der Waals surface area contributed by atoms with Crippen molar-refractivity contribution in [2.75, 3.05) is 0 Å². The van der Waals surface area contributed by atoms with Crippen LogP contribution in [0.15, 0.2) is 24.3 Å². The SMILES string of the molecule is CC1C=CC(C(=O)O)C=C1. The smallest absolute Gasteiger partial charge is 0.314 e. The molecule has 0 aromatic rings. The van der Waals surface area contributed by atoms with Crippen LogP contribution in [0.5, 0.6) is 0 Å². The van der Waals surface area contributed by atoms with Gasteiger partial charge in [-0.15, -0.1) is 0 Å². The fourth-order valence-corrected chi connectivity index (χ4v) is 0.883. The summed E-state index contributed by atoms with van der Waals surface area (Å²) in [5, 5.41) is 8.52. The molecule has 0 spiro atoms. The Bertz CT molecular complexity index is 177. The topological polar surface area (TPSA) is 37.3 Å². The second kappa shape index (κ2) is 2.69. The summed E-state index contributed by atoms with van der Waals surface area (Å²) >= 11 is 0. The van der Waals surface area contributed by atoms with Gasteiger partial charge in [-0.25, -0.2) is 0 Å². The summed E-state index contributed by atoms with van der Waals surface area (Å²) in [5.74, 6) is -0.800. The van der Waals surface area contributed by atoms with Crippen LogP contribution < -0.4 is 0 Å². The van der Waals surface area contributed by atoms with E-state index in [4.69, 9.17) is 5.11 Å². The zero-order chi connectivity index (χ0) is 7.56. The van der Waals surface area contributed by atoms with Gasteiger partial charge in [0.1, 0.15) is 0 Å². The Morgan fingerprint density at radius 3 is 2.20 bits per heavy atom. The number of hydrogen-bond donors (Lipinski definition) is 1. The second-order valence-corrected chi connectivity index (χ2v) is 2.49. The first-order chi connectivity index (χ1) is 4.70. The van der Waals surface area contributed by atoms with Crippen LogP contribution in [0, 0.1) is 11.8 Å². The first-order valence-corrected chi connectivity index (χ1v) is 3.29. The van der Waals surface area contributed by atoms with Crippen molar-refractivity contribution in [3.63, 3.8) is 0 Å².